The van der Waals surface area contributed by atoms with Gasteiger partial charge in [0.25, 0.3) is 0 Å². The molecule has 1 aliphatic carbocycles. The molecule has 0 amide bonds. The van der Waals surface area contributed by atoms with Gasteiger partial charge < -0.3 is 4.90 Å². The molecule has 0 aromatic heterocycles. The third-order valence-corrected chi connectivity index (χ3v) is 3.39. The molecule has 1 aliphatic rings. The summed E-state index contributed by atoms with van der Waals surface area (Å²) in [4.78, 5) is 6.53. The first kappa shape index (κ1) is 11.9. The molecule has 2 heteroatoms. The molecule has 90 valence electrons. The SMILES string of the molecule is C=N/C(=C\N(CC)C1CC1C)c1ccccc1. The van der Waals surface area contributed by atoms with Gasteiger partial charge in [-0.3, -0.25) is 4.99 Å². The summed E-state index contributed by atoms with van der Waals surface area (Å²) in [5.74, 6) is 0.813. The van der Waals surface area contributed by atoms with E-state index in [-0.39, 0.29) is 0 Å². The molecule has 2 atom stereocenters. The third kappa shape index (κ3) is 2.76. The summed E-state index contributed by atoms with van der Waals surface area (Å²) in [6.45, 7) is 9.19. The van der Waals surface area contributed by atoms with Crippen molar-refractivity contribution in [2.24, 2.45) is 10.9 Å². The van der Waals surface area contributed by atoms with E-state index in [1.165, 1.54) is 6.42 Å². The maximum Gasteiger partial charge on any atom is 0.0853 e. The quantitative estimate of drug-likeness (QED) is 0.705. The van der Waals surface area contributed by atoms with E-state index in [4.69, 9.17) is 0 Å². The Morgan fingerprint density at radius 3 is 2.59 bits per heavy atom. The van der Waals surface area contributed by atoms with Crippen molar-refractivity contribution in [1.82, 2.24) is 4.90 Å². The van der Waals surface area contributed by atoms with Crippen molar-refractivity contribution in [3.8, 4) is 0 Å². The van der Waals surface area contributed by atoms with E-state index in [0.717, 1.165) is 23.7 Å². The van der Waals surface area contributed by atoms with E-state index < -0.39 is 0 Å². The first-order valence-electron chi connectivity index (χ1n) is 6.26. The third-order valence-electron chi connectivity index (χ3n) is 3.39. The zero-order valence-corrected chi connectivity index (χ0v) is 10.6. The molecule has 0 heterocycles. The standard InChI is InChI=1S/C15H20N2/c1-4-17(15-10-12(15)2)11-14(16-3)13-8-6-5-7-9-13/h5-9,11-12,15H,3-4,10H2,1-2H3/b14-11-. The molecule has 1 aromatic carbocycles. The second-order valence-corrected chi connectivity index (χ2v) is 4.65. The van der Waals surface area contributed by atoms with Gasteiger partial charge in [0.15, 0.2) is 0 Å². The van der Waals surface area contributed by atoms with Crippen LogP contribution in [0.4, 0.5) is 0 Å². The summed E-state index contributed by atoms with van der Waals surface area (Å²) in [5, 5.41) is 0. The highest BCUT2D eigenvalue weighted by molar-refractivity contribution is 5.67. The topological polar surface area (TPSA) is 15.6 Å². The van der Waals surface area contributed by atoms with E-state index in [9.17, 15) is 0 Å². The fourth-order valence-corrected chi connectivity index (χ4v) is 2.16. The average Bonchev–Trinajstić information content (AvgIpc) is 3.09. The number of benzene rings is 1. The molecule has 17 heavy (non-hydrogen) atoms. The van der Waals surface area contributed by atoms with Gasteiger partial charge in [-0.2, -0.15) is 0 Å². The maximum atomic E-state index is 4.15. The Morgan fingerprint density at radius 1 is 1.47 bits per heavy atom. The molecule has 0 radical (unpaired) electrons. The predicted molar refractivity (Wildman–Crippen MR) is 73.9 cm³/mol. The fourth-order valence-electron chi connectivity index (χ4n) is 2.16. The van der Waals surface area contributed by atoms with E-state index in [2.05, 4.69) is 48.8 Å². The predicted octanol–water partition coefficient (Wildman–Crippen LogP) is 3.42. The van der Waals surface area contributed by atoms with Gasteiger partial charge in [0, 0.05) is 24.4 Å². The minimum Gasteiger partial charge on any atom is -0.373 e. The number of hydrogen-bond donors (Lipinski definition) is 0. The second kappa shape index (κ2) is 5.17. The van der Waals surface area contributed by atoms with E-state index in [1.54, 1.807) is 0 Å². The summed E-state index contributed by atoms with van der Waals surface area (Å²) < 4.78 is 0. The number of aliphatic imine (C=N–C) groups is 1. The molecule has 0 aliphatic heterocycles. The van der Waals surface area contributed by atoms with Crippen LogP contribution in [0.3, 0.4) is 0 Å². The van der Waals surface area contributed by atoms with Crippen LogP contribution < -0.4 is 0 Å². The van der Waals surface area contributed by atoms with Crippen LogP contribution in [0, 0.1) is 5.92 Å². The molecule has 1 aromatic rings. The van der Waals surface area contributed by atoms with E-state index >= 15 is 0 Å². The number of nitrogens with zero attached hydrogens (tertiary/aromatic N) is 2. The molecule has 0 bridgehead atoms. The van der Waals surface area contributed by atoms with Gasteiger partial charge in [-0.15, -0.1) is 0 Å². The molecule has 2 rings (SSSR count). The minimum atomic E-state index is 0.695. The average molecular weight is 228 g/mol. The normalized spacial score (nSPS) is 23.3. The highest BCUT2D eigenvalue weighted by atomic mass is 15.2. The van der Waals surface area contributed by atoms with Crippen LogP contribution in [0.25, 0.3) is 5.70 Å². The van der Waals surface area contributed by atoms with Crippen molar-refractivity contribution in [3.63, 3.8) is 0 Å². The molecule has 2 nitrogen and oxygen atoms in total. The van der Waals surface area contributed by atoms with Gasteiger partial charge in [-0.25, -0.2) is 0 Å². The molecule has 0 saturated heterocycles. The van der Waals surface area contributed by atoms with Gasteiger partial charge in [-0.1, -0.05) is 37.3 Å². The highest BCUT2D eigenvalue weighted by Gasteiger charge is 2.36. The lowest BCUT2D eigenvalue weighted by Gasteiger charge is -2.19. The van der Waals surface area contributed by atoms with Crippen LogP contribution in [0.1, 0.15) is 25.8 Å². The molecule has 0 N–H and O–H groups in total. The van der Waals surface area contributed by atoms with Crippen molar-refractivity contribution in [2.45, 2.75) is 26.3 Å². The molecule has 1 fully saturated rings. The largest absolute Gasteiger partial charge is 0.373 e. The van der Waals surface area contributed by atoms with Crippen molar-refractivity contribution in [2.75, 3.05) is 6.54 Å². The molecule has 0 spiro atoms. The summed E-state index contributed by atoms with van der Waals surface area (Å²) in [6.07, 6.45) is 3.44. The summed E-state index contributed by atoms with van der Waals surface area (Å²) in [5.41, 5.74) is 2.10. The van der Waals surface area contributed by atoms with Gasteiger partial charge in [-0.05, 0) is 26.0 Å². The van der Waals surface area contributed by atoms with Crippen LogP contribution in [0.2, 0.25) is 0 Å². The van der Waals surface area contributed by atoms with E-state index in [0.29, 0.717) is 6.04 Å². The fraction of sp³-hybridized carbons (Fsp3) is 0.400. The number of rotatable bonds is 5. The Hall–Kier alpha value is -1.57. The van der Waals surface area contributed by atoms with Gasteiger partial charge in [0.1, 0.15) is 0 Å². The smallest absolute Gasteiger partial charge is 0.0853 e. The van der Waals surface area contributed by atoms with Crippen molar-refractivity contribution >= 4 is 12.4 Å². The van der Waals surface area contributed by atoms with Crippen LogP contribution in [0.5, 0.6) is 0 Å². The van der Waals surface area contributed by atoms with Crippen molar-refractivity contribution in [3.05, 3.63) is 42.1 Å². The van der Waals surface area contributed by atoms with Crippen LogP contribution in [0.15, 0.2) is 41.5 Å². The van der Waals surface area contributed by atoms with Crippen LogP contribution >= 0.6 is 0 Å². The van der Waals surface area contributed by atoms with Crippen LogP contribution in [-0.2, 0) is 0 Å². The van der Waals surface area contributed by atoms with Crippen molar-refractivity contribution in [1.29, 1.82) is 0 Å². The minimum absolute atomic E-state index is 0.695. The molecule has 1 saturated carbocycles. The summed E-state index contributed by atoms with van der Waals surface area (Å²) in [7, 11) is 0. The van der Waals surface area contributed by atoms with Gasteiger partial charge in [0.05, 0.1) is 5.70 Å². The first-order valence-corrected chi connectivity index (χ1v) is 6.26. The lowest BCUT2D eigenvalue weighted by atomic mass is 10.2. The zero-order chi connectivity index (χ0) is 12.3. The zero-order valence-electron chi connectivity index (χ0n) is 10.6. The van der Waals surface area contributed by atoms with Gasteiger partial charge >= 0.3 is 0 Å². The monoisotopic (exact) mass is 228 g/mol. The second-order valence-electron chi connectivity index (χ2n) is 4.65. The number of hydrogen-bond acceptors (Lipinski definition) is 2. The van der Waals surface area contributed by atoms with E-state index in [1.807, 2.05) is 18.2 Å². The van der Waals surface area contributed by atoms with Gasteiger partial charge in [0.2, 0.25) is 0 Å². The molecular weight excluding hydrogens is 208 g/mol. The maximum absolute atomic E-state index is 4.15. The summed E-state index contributed by atoms with van der Waals surface area (Å²) in [6, 6.07) is 10.9. The Morgan fingerprint density at radius 2 is 2.12 bits per heavy atom. The Kier molecular flexibility index (Phi) is 3.62. The molecule has 2 unspecified atom stereocenters. The Bertz CT molecular complexity index is 408. The highest BCUT2D eigenvalue weighted by Crippen LogP contribution is 2.35. The van der Waals surface area contributed by atoms with Crippen LogP contribution in [-0.4, -0.2) is 24.2 Å². The molecular formula is C15H20N2. The lowest BCUT2D eigenvalue weighted by molar-refractivity contribution is 0.372. The summed E-state index contributed by atoms with van der Waals surface area (Å²) >= 11 is 0. The Labute approximate surface area is 104 Å². The lowest BCUT2D eigenvalue weighted by Crippen LogP contribution is -2.20. The van der Waals surface area contributed by atoms with Crippen molar-refractivity contribution < 1.29 is 0 Å². The first-order chi connectivity index (χ1) is 8.26. The Balaban J connectivity index is 2.19.